The number of carbonyl (C=O) groups excluding carboxylic acids is 2. The van der Waals surface area contributed by atoms with Gasteiger partial charge in [-0.1, -0.05) is 48.5 Å². The van der Waals surface area contributed by atoms with E-state index in [2.05, 4.69) is 16.0 Å². The van der Waals surface area contributed by atoms with Crippen LogP contribution in [0.1, 0.15) is 26.3 Å². The van der Waals surface area contributed by atoms with Gasteiger partial charge in [0.25, 0.3) is 0 Å². The van der Waals surface area contributed by atoms with Crippen LogP contribution in [0.4, 0.5) is 4.79 Å². The van der Waals surface area contributed by atoms with Crippen molar-refractivity contribution in [2.24, 2.45) is 0 Å². The molecule has 194 valence electrons. The van der Waals surface area contributed by atoms with Crippen molar-refractivity contribution in [2.75, 3.05) is 6.54 Å². The van der Waals surface area contributed by atoms with Crippen molar-refractivity contribution < 1.29 is 27.9 Å². The molecule has 36 heavy (non-hydrogen) atoms. The molecule has 1 saturated heterocycles. The molecular weight excluding hydrogens is 504 g/mol. The van der Waals surface area contributed by atoms with Gasteiger partial charge in [0.2, 0.25) is 15.9 Å². The van der Waals surface area contributed by atoms with Crippen molar-refractivity contribution in [1.29, 1.82) is 0 Å². The van der Waals surface area contributed by atoms with Crippen LogP contribution in [0, 0.1) is 0 Å². The van der Waals surface area contributed by atoms with Gasteiger partial charge in [0.15, 0.2) is 0 Å². The van der Waals surface area contributed by atoms with E-state index in [-0.39, 0.29) is 18.0 Å². The largest absolute Gasteiger partial charge is 0.480 e. The lowest BCUT2D eigenvalue weighted by molar-refractivity contribution is -0.142. The maximum absolute atomic E-state index is 13.4. The third-order valence-electron chi connectivity index (χ3n) is 5.69. The van der Waals surface area contributed by atoms with Gasteiger partial charge in [-0.25, -0.2) is 18.0 Å². The minimum absolute atomic E-state index is 0.0412. The van der Waals surface area contributed by atoms with E-state index in [0.29, 0.717) is 0 Å². The van der Waals surface area contributed by atoms with Crippen LogP contribution in [0.15, 0.2) is 65.6 Å². The summed E-state index contributed by atoms with van der Waals surface area (Å²) >= 11 is 1.31. The zero-order valence-corrected chi connectivity index (χ0v) is 21.8. The summed E-state index contributed by atoms with van der Waals surface area (Å²) in [6.45, 7) is 5.03. The summed E-state index contributed by atoms with van der Waals surface area (Å²) in [5.41, 5.74) is 0.866. The summed E-state index contributed by atoms with van der Waals surface area (Å²) in [4.78, 5) is 37.4. The Labute approximate surface area is 214 Å². The molecule has 0 unspecified atom stereocenters. The average molecular weight is 535 g/mol. The molecule has 2 aromatic rings. The van der Waals surface area contributed by atoms with Crippen molar-refractivity contribution >= 4 is 39.7 Å². The smallest absolute Gasteiger partial charge is 0.328 e. The number of sulfonamides is 1. The maximum atomic E-state index is 13.4. The first-order valence-electron chi connectivity index (χ1n) is 11.3. The van der Waals surface area contributed by atoms with Crippen molar-refractivity contribution in [3.05, 3.63) is 66.2 Å². The molecule has 3 rings (SSSR count). The molecule has 3 atom stereocenters. The molecule has 1 fully saturated rings. The number of rotatable bonds is 9. The Balaban J connectivity index is 1.71. The average Bonchev–Trinajstić information content (AvgIpc) is 3.09. The lowest BCUT2D eigenvalue weighted by atomic mass is 10.0. The minimum atomic E-state index is -4.04. The predicted molar refractivity (Wildman–Crippen MR) is 137 cm³/mol. The van der Waals surface area contributed by atoms with E-state index in [0.717, 1.165) is 9.87 Å². The monoisotopic (exact) mass is 534 g/mol. The summed E-state index contributed by atoms with van der Waals surface area (Å²) in [5, 5.41) is 16.6. The fourth-order valence-electron chi connectivity index (χ4n) is 4.04. The molecule has 0 saturated carbocycles. The van der Waals surface area contributed by atoms with Crippen LogP contribution in [0.3, 0.4) is 0 Å². The van der Waals surface area contributed by atoms with Gasteiger partial charge in [-0.2, -0.15) is 4.31 Å². The third kappa shape index (κ3) is 6.37. The Morgan fingerprint density at radius 2 is 1.61 bits per heavy atom. The van der Waals surface area contributed by atoms with Crippen LogP contribution in [0.2, 0.25) is 0 Å². The molecule has 10 nitrogen and oxygen atoms in total. The molecular formula is C24H30N4O6S2. The number of nitrogens with zero attached hydrogens (tertiary/aromatic N) is 1. The first-order chi connectivity index (χ1) is 16.9. The van der Waals surface area contributed by atoms with Crippen LogP contribution >= 0.6 is 11.8 Å². The zero-order valence-electron chi connectivity index (χ0n) is 20.2. The Morgan fingerprint density at radius 3 is 2.19 bits per heavy atom. The van der Waals surface area contributed by atoms with E-state index in [1.54, 1.807) is 39.0 Å². The second-order valence-corrected chi connectivity index (χ2v) is 12.6. The molecule has 3 amide bonds. The predicted octanol–water partition coefficient (Wildman–Crippen LogP) is 1.99. The summed E-state index contributed by atoms with van der Waals surface area (Å²) in [5.74, 6) is -2.11. The minimum Gasteiger partial charge on any atom is -0.480 e. The van der Waals surface area contributed by atoms with E-state index in [9.17, 15) is 27.9 Å². The Bertz CT molecular complexity index is 1190. The Morgan fingerprint density at radius 1 is 1.03 bits per heavy atom. The van der Waals surface area contributed by atoms with Gasteiger partial charge in [-0.15, -0.1) is 11.8 Å². The topological polar surface area (TPSA) is 145 Å². The lowest BCUT2D eigenvalue weighted by Crippen LogP contribution is -2.59. The number of thioether (sulfide) groups is 1. The van der Waals surface area contributed by atoms with Gasteiger partial charge < -0.3 is 21.1 Å². The van der Waals surface area contributed by atoms with Crippen LogP contribution in [0.5, 0.6) is 0 Å². The van der Waals surface area contributed by atoms with Gasteiger partial charge in [0, 0.05) is 11.3 Å². The molecule has 1 heterocycles. The summed E-state index contributed by atoms with van der Waals surface area (Å²) in [6, 6.07) is 13.7. The standard InChI is InChI=1S/C24H30N4O6S2/c1-16-28(36(33,34)18-12-8-5-9-13-18)20(24(2,3)35-16)21(29)27-19(22(30)31)15-26-23(32)25-14-17-10-6-4-7-11-17/h4-13,16,19-20H,14-15H2,1-3H3,(H,27,29)(H,30,31)(H2,25,26,32)/t16-,19+,20-/m1/s1. The van der Waals surface area contributed by atoms with E-state index >= 15 is 0 Å². The lowest BCUT2D eigenvalue weighted by Gasteiger charge is -2.31. The van der Waals surface area contributed by atoms with E-state index in [1.807, 2.05) is 30.3 Å². The quantitative estimate of drug-likeness (QED) is 0.385. The zero-order chi connectivity index (χ0) is 26.5. The molecule has 12 heteroatoms. The molecule has 0 spiro atoms. The van der Waals surface area contributed by atoms with Gasteiger partial charge in [0.1, 0.15) is 12.1 Å². The molecule has 4 N–H and O–H groups in total. The fraction of sp³-hybridized carbons (Fsp3) is 0.375. The molecule has 1 aliphatic heterocycles. The molecule has 0 aromatic heterocycles. The van der Waals surface area contributed by atoms with Crippen molar-refractivity contribution in [2.45, 2.75) is 54.4 Å². The highest BCUT2D eigenvalue weighted by molar-refractivity contribution is 8.02. The summed E-state index contributed by atoms with van der Waals surface area (Å²) in [7, 11) is -4.04. The van der Waals surface area contributed by atoms with Crippen LogP contribution < -0.4 is 16.0 Å². The number of carboxylic acid groups (broad SMARTS) is 1. The number of hydrogen-bond donors (Lipinski definition) is 4. The SMILES string of the molecule is C[C@H]1SC(C)(C)[C@@H](C(=O)N[C@@H](CNC(=O)NCc2ccccc2)C(=O)O)N1S(=O)(=O)c1ccccc1. The first kappa shape index (κ1) is 27.5. The van der Waals surface area contributed by atoms with Gasteiger partial charge in [0.05, 0.1) is 16.8 Å². The molecule has 0 bridgehead atoms. The summed E-state index contributed by atoms with van der Waals surface area (Å²) < 4.78 is 27.1. The highest BCUT2D eigenvalue weighted by atomic mass is 32.2. The first-order valence-corrected chi connectivity index (χ1v) is 13.6. The van der Waals surface area contributed by atoms with Crippen molar-refractivity contribution in [3.63, 3.8) is 0 Å². The molecule has 0 aliphatic carbocycles. The normalized spacial score (nSPS) is 20.3. The number of carbonyl (C=O) groups is 3. The van der Waals surface area contributed by atoms with Gasteiger partial charge in [-0.3, -0.25) is 4.79 Å². The van der Waals surface area contributed by atoms with Gasteiger partial charge in [-0.05, 0) is 38.5 Å². The number of urea groups is 1. The Kier molecular flexibility index (Phi) is 8.64. The van der Waals surface area contributed by atoms with Crippen LogP contribution in [-0.4, -0.2) is 64.5 Å². The van der Waals surface area contributed by atoms with Gasteiger partial charge >= 0.3 is 12.0 Å². The third-order valence-corrected chi connectivity index (χ3v) is 9.17. The maximum Gasteiger partial charge on any atom is 0.328 e. The van der Waals surface area contributed by atoms with Crippen molar-refractivity contribution in [3.8, 4) is 0 Å². The second-order valence-electron chi connectivity index (χ2n) is 8.82. The number of hydrogen-bond acceptors (Lipinski definition) is 6. The number of amides is 3. The molecule has 1 aliphatic rings. The van der Waals surface area contributed by atoms with Crippen LogP contribution in [0.25, 0.3) is 0 Å². The highest BCUT2D eigenvalue weighted by Gasteiger charge is 2.55. The van der Waals surface area contributed by atoms with E-state index < -0.39 is 50.1 Å². The molecule has 0 radical (unpaired) electrons. The summed E-state index contributed by atoms with van der Waals surface area (Å²) in [6.07, 6.45) is 0. The van der Waals surface area contributed by atoms with E-state index in [1.165, 1.54) is 23.9 Å². The fourth-order valence-corrected chi connectivity index (χ4v) is 7.80. The highest BCUT2D eigenvalue weighted by Crippen LogP contribution is 2.46. The number of aliphatic carboxylic acids is 1. The number of nitrogens with one attached hydrogen (secondary N) is 3. The second kappa shape index (κ2) is 11.3. The number of benzene rings is 2. The van der Waals surface area contributed by atoms with Crippen molar-refractivity contribution in [1.82, 2.24) is 20.3 Å². The molecule has 2 aromatic carbocycles. The van der Waals surface area contributed by atoms with E-state index in [4.69, 9.17) is 0 Å². The number of carboxylic acids is 1. The van der Waals surface area contributed by atoms with Crippen LogP contribution in [-0.2, 0) is 26.2 Å². The Hall–Kier alpha value is -3.09.